The maximum absolute atomic E-state index is 15.5. The average molecular weight is 879 g/mol. The van der Waals surface area contributed by atoms with Crippen molar-refractivity contribution < 1.29 is 22.3 Å². The van der Waals surface area contributed by atoms with Gasteiger partial charge in [-0.3, -0.25) is 9.56 Å². The van der Waals surface area contributed by atoms with Crippen LogP contribution in [0.3, 0.4) is 0 Å². The molecule has 1 unspecified atom stereocenters. The van der Waals surface area contributed by atoms with E-state index < -0.39 is 32.4 Å². The third-order valence-electron chi connectivity index (χ3n) is 10.8. The minimum absolute atomic E-state index is 0.0304. The molecule has 0 bridgehead atoms. The smallest absolute Gasteiger partial charge is 0.407 e. The number of aryl methyl sites for hydroxylation is 1. The summed E-state index contributed by atoms with van der Waals surface area (Å²) < 4.78 is 51.2. The van der Waals surface area contributed by atoms with Crippen molar-refractivity contribution in [1.82, 2.24) is 24.2 Å². The fraction of sp³-hybridized carbons (Fsp3) is 0.409. The van der Waals surface area contributed by atoms with Crippen LogP contribution in [0.2, 0.25) is 5.02 Å². The number of nitrogens with one attached hydrogen (secondary N) is 2. The van der Waals surface area contributed by atoms with Crippen molar-refractivity contribution in [2.45, 2.75) is 102 Å². The first-order valence-corrected chi connectivity index (χ1v) is 22.9. The van der Waals surface area contributed by atoms with Gasteiger partial charge in [-0.15, -0.1) is 0 Å². The molecule has 1 fully saturated rings. The number of thioether (sulfide) groups is 1. The molecular formula is C44H53ClFN7O5S2. The van der Waals surface area contributed by atoms with Crippen molar-refractivity contribution in [2.24, 2.45) is 10.7 Å². The zero-order valence-electron chi connectivity index (χ0n) is 34.6. The molecule has 1 aliphatic rings. The Kier molecular flexibility index (Phi) is 14.5. The summed E-state index contributed by atoms with van der Waals surface area (Å²) in [5.74, 6) is 0.0491. The predicted octanol–water partition coefficient (Wildman–Crippen LogP) is 8.90. The van der Waals surface area contributed by atoms with Crippen LogP contribution >= 0.6 is 23.4 Å². The van der Waals surface area contributed by atoms with E-state index in [1.54, 1.807) is 68.7 Å². The number of aromatic amines is 1. The van der Waals surface area contributed by atoms with Gasteiger partial charge in [-0.1, -0.05) is 65.8 Å². The van der Waals surface area contributed by atoms with Crippen molar-refractivity contribution in [3.05, 3.63) is 117 Å². The molecule has 320 valence electrons. The van der Waals surface area contributed by atoms with Crippen LogP contribution in [0.4, 0.5) is 9.18 Å². The Bertz CT molecular complexity index is 2490. The fourth-order valence-electron chi connectivity index (χ4n) is 7.50. The number of carbonyl (C=O) groups excluding carboxylic acids is 1. The zero-order valence-corrected chi connectivity index (χ0v) is 37.0. The summed E-state index contributed by atoms with van der Waals surface area (Å²) in [4.78, 5) is 37.1. The molecule has 0 aliphatic carbocycles. The van der Waals surface area contributed by atoms with Gasteiger partial charge in [-0.25, -0.2) is 22.4 Å². The molecule has 4 N–H and O–H groups in total. The summed E-state index contributed by atoms with van der Waals surface area (Å²) in [5, 5.41) is 3.87. The lowest BCUT2D eigenvalue weighted by molar-refractivity contribution is 0.136. The van der Waals surface area contributed by atoms with Crippen molar-refractivity contribution in [3.8, 4) is 16.9 Å². The van der Waals surface area contributed by atoms with Crippen LogP contribution in [0.25, 0.3) is 28.0 Å². The largest absolute Gasteiger partial charge is 0.445 e. The minimum Gasteiger partial charge on any atom is -0.445 e. The number of hydrogen-bond donors (Lipinski definition) is 3. The normalized spacial score (nSPS) is 17.1. The number of fused-ring (bicyclic) bond motifs is 1. The summed E-state index contributed by atoms with van der Waals surface area (Å²) in [6, 6.07) is 21.1. The number of sulfonamides is 1. The molecule has 3 aromatic carbocycles. The van der Waals surface area contributed by atoms with Crippen LogP contribution in [0.15, 0.2) is 88.8 Å². The number of aromatic nitrogens is 3. The number of carbonyl (C=O) groups is 1. The number of nitrogens with zero attached hydrogens (tertiary/aromatic N) is 4. The molecule has 6 rings (SSSR count). The highest BCUT2D eigenvalue weighted by molar-refractivity contribution is 8.13. The quantitative estimate of drug-likeness (QED) is 0.0736. The Hall–Kier alpha value is -4.70. The Morgan fingerprint density at radius 1 is 1.12 bits per heavy atom. The molecule has 3 heterocycles. The second-order valence-corrected chi connectivity index (χ2v) is 20.3. The molecular weight excluding hydrogens is 825 g/mol. The Morgan fingerprint density at radius 2 is 1.85 bits per heavy atom. The second-order valence-electron chi connectivity index (χ2n) is 16.2. The van der Waals surface area contributed by atoms with Crippen LogP contribution in [0.1, 0.15) is 89.0 Å². The number of piperidine rings is 1. The number of nitrogens with two attached hydrogens (primary N) is 1. The monoisotopic (exact) mass is 877 g/mol. The highest BCUT2D eigenvalue weighted by Crippen LogP contribution is 2.41. The van der Waals surface area contributed by atoms with Gasteiger partial charge in [0.25, 0.3) is 0 Å². The summed E-state index contributed by atoms with van der Waals surface area (Å²) in [7, 11) is -2.07. The summed E-state index contributed by atoms with van der Waals surface area (Å²) >= 11 is 7.81. The number of amidine groups is 1. The molecule has 1 aliphatic heterocycles. The van der Waals surface area contributed by atoms with Crippen molar-refractivity contribution in [3.63, 3.8) is 0 Å². The highest BCUT2D eigenvalue weighted by Gasteiger charge is 2.45. The maximum atomic E-state index is 15.5. The van der Waals surface area contributed by atoms with Gasteiger partial charge < -0.3 is 20.8 Å². The van der Waals surface area contributed by atoms with Crippen LogP contribution in [0.5, 0.6) is 0 Å². The third kappa shape index (κ3) is 10.6. The number of rotatable bonds is 14. The number of benzene rings is 3. The van der Waals surface area contributed by atoms with E-state index in [0.717, 1.165) is 29.5 Å². The third-order valence-corrected chi connectivity index (χ3v) is 14.6. The number of halogens is 2. The van der Waals surface area contributed by atoms with E-state index in [4.69, 9.17) is 22.1 Å². The van der Waals surface area contributed by atoms with Gasteiger partial charge in [0.05, 0.1) is 27.2 Å². The van der Waals surface area contributed by atoms with E-state index in [2.05, 4.69) is 20.3 Å². The number of amides is 1. The minimum atomic E-state index is -3.71. The lowest BCUT2D eigenvalue weighted by Gasteiger charge is -2.44. The molecule has 1 amide bonds. The topological polar surface area (TPSA) is 165 Å². The standard InChI is InChI=1S/C44H53ClFN7O5S2/c1-28(49-43(55)58-27-29-12-7-6-8-13-29)11-9-14-30-23-35(39(46)36(45)24-30)37-25-32-26-52(42(54)51-40(32)50-37)33-19-17-31(18-20-33)38-16-10-15-34(21-22-59-41(47)48-5)53(38)60(56,57)44(2,3)4/h6-8,12-13,17-20,23-26,28,34,38H,9-11,14-16,21-22,27H2,1-5H3,(H2,47,48)(H,49,55)(H,50,51,54)/t28-,34?,38-/m0/s1. The number of H-pyrrole nitrogens is 1. The van der Waals surface area contributed by atoms with Crippen molar-refractivity contribution in [1.29, 1.82) is 0 Å². The molecule has 12 nitrogen and oxygen atoms in total. The molecule has 0 saturated carbocycles. The van der Waals surface area contributed by atoms with Gasteiger partial charge in [0, 0.05) is 42.0 Å². The average Bonchev–Trinajstić information content (AvgIpc) is 3.63. The van der Waals surface area contributed by atoms with E-state index in [1.165, 1.54) is 16.3 Å². The van der Waals surface area contributed by atoms with Gasteiger partial charge in [-0.2, -0.15) is 9.29 Å². The first-order valence-electron chi connectivity index (χ1n) is 20.1. The summed E-state index contributed by atoms with van der Waals surface area (Å²) in [6.45, 7) is 7.26. The van der Waals surface area contributed by atoms with Crippen molar-refractivity contribution >= 4 is 55.7 Å². The number of hydrogen-bond acceptors (Lipinski definition) is 8. The highest BCUT2D eigenvalue weighted by atomic mass is 35.5. The SMILES string of the molecule is CN=C(N)SCCC1CCC[C@@H](c2ccc(-n3cc4cc(-c5cc(CCC[C@H](C)NC(=O)OCc6ccccc6)cc(Cl)c5F)[nH]c4nc3=O)cc2)N1S(=O)(=O)C(C)(C)C. The molecule has 2 aromatic heterocycles. The Balaban J connectivity index is 1.16. The fourth-order valence-corrected chi connectivity index (χ4v) is 10.3. The lowest BCUT2D eigenvalue weighted by atomic mass is 9.92. The van der Waals surface area contributed by atoms with Crippen LogP contribution in [0, 0.1) is 5.82 Å². The van der Waals surface area contributed by atoms with Gasteiger partial charge >= 0.3 is 11.8 Å². The number of alkyl carbamates (subject to hydrolysis) is 1. The van der Waals surface area contributed by atoms with Crippen LogP contribution in [-0.4, -0.2) is 68.2 Å². The van der Waals surface area contributed by atoms with E-state index >= 15 is 4.39 Å². The molecule has 1 saturated heterocycles. The van der Waals surface area contributed by atoms with Crippen molar-refractivity contribution in [2.75, 3.05) is 12.8 Å². The molecule has 16 heteroatoms. The van der Waals surface area contributed by atoms with E-state index in [0.29, 0.717) is 65.4 Å². The van der Waals surface area contributed by atoms with E-state index in [9.17, 15) is 18.0 Å². The van der Waals surface area contributed by atoms with E-state index in [-0.39, 0.29) is 35.3 Å². The molecule has 0 spiro atoms. The second kappa shape index (κ2) is 19.3. The predicted molar refractivity (Wildman–Crippen MR) is 240 cm³/mol. The Labute approximate surface area is 360 Å². The maximum Gasteiger partial charge on any atom is 0.407 e. The molecule has 60 heavy (non-hydrogen) atoms. The van der Waals surface area contributed by atoms with Gasteiger partial charge in [0.2, 0.25) is 10.0 Å². The van der Waals surface area contributed by atoms with Gasteiger partial charge in [0.1, 0.15) is 12.3 Å². The number of ether oxygens (including phenoxy) is 1. The zero-order chi connectivity index (χ0) is 43.2. The summed E-state index contributed by atoms with van der Waals surface area (Å²) in [6.07, 6.45) is 6.02. The van der Waals surface area contributed by atoms with E-state index in [1.807, 2.05) is 49.4 Å². The van der Waals surface area contributed by atoms with Crippen LogP contribution in [-0.2, 0) is 27.8 Å². The van der Waals surface area contributed by atoms with Gasteiger partial charge in [0.15, 0.2) is 11.0 Å². The summed E-state index contributed by atoms with van der Waals surface area (Å²) in [5.41, 5.74) is 9.43. The number of aliphatic imine (C=N–C) groups is 1. The van der Waals surface area contributed by atoms with Crippen LogP contribution < -0.4 is 16.7 Å². The first kappa shape index (κ1) is 44.8. The first-order chi connectivity index (χ1) is 28.5. The van der Waals surface area contributed by atoms with Gasteiger partial charge in [-0.05, 0) is 120 Å². The Morgan fingerprint density at radius 3 is 2.55 bits per heavy atom. The molecule has 5 aromatic rings. The molecule has 3 atom stereocenters. The lowest BCUT2D eigenvalue weighted by Crippen LogP contribution is -2.51. The molecule has 0 radical (unpaired) electrons.